The first-order valence-electron chi connectivity index (χ1n) is 8.57. The first-order valence-corrected chi connectivity index (χ1v) is 8.57. The maximum absolute atomic E-state index is 11.9. The maximum Gasteiger partial charge on any atom is 0.344 e. The van der Waals surface area contributed by atoms with Crippen LogP contribution < -0.4 is 14.8 Å². The fourth-order valence-corrected chi connectivity index (χ4v) is 2.35. The summed E-state index contributed by atoms with van der Waals surface area (Å²) in [6, 6.07) is 10.9. The van der Waals surface area contributed by atoms with Crippen LogP contribution in [0.1, 0.15) is 12.5 Å². The van der Waals surface area contributed by atoms with Gasteiger partial charge < -0.3 is 19.5 Å². The number of carbonyl (C=O) groups is 2. The van der Waals surface area contributed by atoms with E-state index in [0.717, 1.165) is 5.56 Å². The summed E-state index contributed by atoms with van der Waals surface area (Å²) >= 11 is 0. The van der Waals surface area contributed by atoms with Crippen molar-refractivity contribution in [2.45, 2.75) is 6.92 Å². The van der Waals surface area contributed by atoms with Crippen molar-refractivity contribution >= 4 is 29.3 Å². The highest BCUT2D eigenvalue weighted by Crippen LogP contribution is 2.28. The van der Waals surface area contributed by atoms with Crippen molar-refractivity contribution in [1.82, 2.24) is 0 Å². The Morgan fingerprint density at radius 3 is 2.59 bits per heavy atom. The fourth-order valence-electron chi connectivity index (χ4n) is 2.35. The number of allylic oxidation sites excluding steroid dienone is 1. The van der Waals surface area contributed by atoms with Crippen molar-refractivity contribution in [3.8, 4) is 11.5 Å². The minimum atomic E-state index is -0.776. The third-order valence-electron chi connectivity index (χ3n) is 3.63. The molecule has 2 aromatic carbocycles. The first kappa shape index (κ1) is 21.4. The van der Waals surface area contributed by atoms with Gasteiger partial charge in [-0.2, -0.15) is 0 Å². The molecule has 0 aliphatic heterocycles. The van der Waals surface area contributed by atoms with Gasteiger partial charge in [-0.15, -0.1) is 0 Å². The van der Waals surface area contributed by atoms with Crippen molar-refractivity contribution in [3.05, 3.63) is 64.2 Å². The summed E-state index contributed by atoms with van der Waals surface area (Å²) in [7, 11) is 1.48. The number of carbonyl (C=O) groups excluding carboxylic acids is 2. The van der Waals surface area contributed by atoms with Crippen molar-refractivity contribution in [1.29, 1.82) is 0 Å². The molecule has 0 spiro atoms. The van der Waals surface area contributed by atoms with E-state index in [1.807, 2.05) is 19.1 Å². The van der Waals surface area contributed by atoms with Crippen molar-refractivity contribution < 1.29 is 28.7 Å². The van der Waals surface area contributed by atoms with Crippen LogP contribution in [-0.2, 0) is 14.3 Å². The Balaban J connectivity index is 1.86. The Morgan fingerprint density at radius 2 is 1.90 bits per heavy atom. The third-order valence-corrected chi connectivity index (χ3v) is 3.63. The van der Waals surface area contributed by atoms with Crippen LogP contribution in [0.2, 0.25) is 0 Å². The van der Waals surface area contributed by atoms with Gasteiger partial charge in [0.15, 0.2) is 24.7 Å². The molecule has 0 saturated heterocycles. The number of methoxy groups -OCH3 is 1. The number of para-hydroxylation sites is 2. The van der Waals surface area contributed by atoms with E-state index in [9.17, 15) is 19.7 Å². The number of ether oxygens (including phenoxy) is 3. The van der Waals surface area contributed by atoms with Crippen molar-refractivity contribution in [3.63, 3.8) is 0 Å². The van der Waals surface area contributed by atoms with E-state index in [1.54, 1.807) is 18.2 Å². The van der Waals surface area contributed by atoms with E-state index in [1.165, 1.54) is 31.4 Å². The van der Waals surface area contributed by atoms with Gasteiger partial charge in [0.1, 0.15) is 5.69 Å². The van der Waals surface area contributed by atoms with E-state index >= 15 is 0 Å². The summed E-state index contributed by atoms with van der Waals surface area (Å²) in [5.41, 5.74) is 0.663. The van der Waals surface area contributed by atoms with Crippen molar-refractivity contribution in [2.24, 2.45) is 0 Å². The molecule has 0 fully saturated rings. The predicted molar refractivity (Wildman–Crippen MR) is 106 cm³/mol. The van der Waals surface area contributed by atoms with Gasteiger partial charge in [-0.25, -0.2) is 4.79 Å². The molecule has 29 heavy (non-hydrogen) atoms. The second-order valence-electron chi connectivity index (χ2n) is 5.68. The largest absolute Gasteiger partial charge is 0.493 e. The van der Waals surface area contributed by atoms with Crippen LogP contribution in [0.5, 0.6) is 11.5 Å². The molecule has 0 aliphatic rings. The molecular formula is C20H20N2O7. The number of esters is 1. The topological polar surface area (TPSA) is 117 Å². The highest BCUT2D eigenvalue weighted by Gasteiger charge is 2.16. The summed E-state index contributed by atoms with van der Waals surface area (Å²) in [4.78, 5) is 34.0. The molecule has 9 heteroatoms. The molecule has 0 bridgehead atoms. The van der Waals surface area contributed by atoms with Crippen LogP contribution >= 0.6 is 0 Å². The van der Waals surface area contributed by atoms with E-state index in [2.05, 4.69) is 5.32 Å². The van der Waals surface area contributed by atoms with Crippen LogP contribution in [0.15, 0.2) is 48.5 Å². The number of hydrogen-bond donors (Lipinski definition) is 1. The van der Waals surface area contributed by atoms with Gasteiger partial charge in [0.2, 0.25) is 0 Å². The van der Waals surface area contributed by atoms with E-state index in [0.29, 0.717) is 11.5 Å². The summed E-state index contributed by atoms with van der Waals surface area (Å²) in [6.45, 7) is 0.850. The molecule has 0 aromatic heterocycles. The molecule has 0 atom stereocenters. The monoisotopic (exact) mass is 400 g/mol. The molecule has 0 heterocycles. The van der Waals surface area contributed by atoms with Crippen LogP contribution in [-0.4, -0.2) is 37.1 Å². The van der Waals surface area contributed by atoms with Gasteiger partial charge in [-0.05, 0) is 30.7 Å². The van der Waals surface area contributed by atoms with Crippen LogP contribution in [0.3, 0.4) is 0 Å². The van der Waals surface area contributed by atoms with Gasteiger partial charge in [0.05, 0.1) is 12.0 Å². The van der Waals surface area contributed by atoms with Gasteiger partial charge >= 0.3 is 5.97 Å². The van der Waals surface area contributed by atoms with Gasteiger partial charge in [0.25, 0.3) is 11.6 Å². The molecule has 152 valence electrons. The molecule has 1 N–H and O–H groups in total. The Morgan fingerprint density at radius 1 is 1.14 bits per heavy atom. The number of rotatable bonds is 9. The smallest absolute Gasteiger partial charge is 0.344 e. The molecule has 0 unspecified atom stereocenters. The molecule has 1 amide bonds. The molecule has 2 aromatic rings. The standard InChI is InChI=1S/C20H20N2O7/c1-3-6-14-9-10-17(18(11-14)27-2)28-13-20(24)29-12-19(23)21-15-7-4-5-8-16(15)22(25)26/h3-11H,12-13H2,1-2H3,(H,21,23)/b6-3+. The summed E-state index contributed by atoms with van der Waals surface area (Å²) in [5, 5.41) is 13.3. The highest BCUT2D eigenvalue weighted by molar-refractivity contribution is 5.94. The Hall–Kier alpha value is -3.88. The molecule has 0 saturated carbocycles. The lowest BCUT2D eigenvalue weighted by atomic mass is 10.2. The lowest BCUT2D eigenvalue weighted by molar-refractivity contribution is -0.383. The Labute approximate surface area is 167 Å². The third kappa shape index (κ3) is 6.35. The second-order valence-corrected chi connectivity index (χ2v) is 5.68. The average Bonchev–Trinajstić information content (AvgIpc) is 2.71. The SMILES string of the molecule is C/C=C/c1ccc(OCC(=O)OCC(=O)Nc2ccccc2[N+](=O)[O-])c(OC)c1. The molecule has 9 nitrogen and oxygen atoms in total. The first-order chi connectivity index (χ1) is 13.9. The van der Waals surface area contributed by atoms with Gasteiger partial charge in [-0.1, -0.05) is 30.4 Å². The van der Waals surface area contributed by atoms with Gasteiger partial charge in [-0.3, -0.25) is 14.9 Å². The second kappa shape index (κ2) is 10.5. The van der Waals surface area contributed by atoms with E-state index < -0.39 is 30.0 Å². The fraction of sp³-hybridized carbons (Fsp3) is 0.200. The van der Waals surface area contributed by atoms with Gasteiger partial charge in [0, 0.05) is 6.07 Å². The normalized spacial score (nSPS) is 10.4. The summed E-state index contributed by atoms with van der Waals surface area (Å²) < 4.78 is 15.4. The number of nitro groups is 1. The number of hydrogen-bond acceptors (Lipinski definition) is 7. The Kier molecular flexibility index (Phi) is 7.72. The number of nitro benzene ring substituents is 1. The van der Waals surface area contributed by atoms with E-state index in [-0.39, 0.29) is 11.4 Å². The Bertz CT molecular complexity index is 925. The average molecular weight is 400 g/mol. The number of amides is 1. The summed E-state index contributed by atoms with van der Waals surface area (Å²) in [5.74, 6) is -0.687. The lowest BCUT2D eigenvalue weighted by Gasteiger charge is -2.11. The van der Waals surface area contributed by atoms with Crippen LogP contribution in [0.4, 0.5) is 11.4 Å². The quantitative estimate of drug-likeness (QED) is 0.390. The van der Waals surface area contributed by atoms with Crippen LogP contribution in [0.25, 0.3) is 6.08 Å². The summed E-state index contributed by atoms with van der Waals surface area (Å²) in [6.07, 6.45) is 3.76. The number of benzene rings is 2. The molecular weight excluding hydrogens is 380 g/mol. The number of nitrogens with one attached hydrogen (secondary N) is 1. The maximum atomic E-state index is 11.9. The predicted octanol–water partition coefficient (Wildman–Crippen LogP) is 3.20. The van der Waals surface area contributed by atoms with Crippen molar-refractivity contribution in [2.75, 3.05) is 25.6 Å². The lowest BCUT2D eigenvalue weighted by Crippen LogP contribution is -2.24. The van der Waals surface area contributed by atoms with Crippen LogP contribution in [0, 0.1) is 10.1 Å². The van der Waals surface area contributed by atoms with E-state index in [4.69, 9.17) is 14.2 Å². The minimum Gasteiger partial charge on any atom is -0.493 e. The zero-order valence-corrected chi connectivity index (χ0v) is 15.9. The molecule has 0 radical (unpaired) electrons. The zero-order chi connectivity index (χ0) is 21.2. The number of anilines is 1. The highest BCUT2D eigenvalue weighted by atomic mass is 16.6. The molecule has 0 aliphatic carbocycles. The molecule has 2 rings (SSSR count). The minimum absolute atomic E-state index is 0.0146. The number of nitrogens with zero attached hydrogens (tertiary/aromatic N) is 1. The zero-order valence-electron chi connectivity index (χ0n) is 15.9.